The van der Waals surface area contributed by atoms with Gasteiger partial charge in [-0.1, -0.05) is 39.0 Å². The fraction of sp³-hybridized carbons (Fsp3) is 0.400. The molecule has 0 aliphatic rings. The summed E-state index contributed by atoms with van der Waals surface area (Å²) in [6.45, 7) is 2.41. The van der Waals surface area contributed by atoms with Gasteiger partial charge >= 0.3 is 6.72 Å². The predicted molar refractivity (Wildman–Crippen MR) is 64.5 cm³/mol. The molecule has 1 aromatic rings. The first-order valence-corrected chi connectivity index (χ1v) is 7.17. The lowest BCUT2D eigenvalue weighted by Crippen LogP contribution is -2.12. The first-order valence-electron chi connectivity index (χ1n) is 4.55. The number of hydrogen-bond donors (Lipinski definition) is 2. The largest absolute Gasteiger partial charge is 0.424 e. The second kappa shape index (κ2) is 4.22. The average Bonchev–Trinajstić information content (AvgIpc) is 1.99. The van der Waals surface area contributed by atoms with Gasteiger partial charge in [0, 0.05) is 17.4 Å². The van der Waals surface area contributed by atoms with Crippen LogP contribution in [0.5, 0.6) is 5.75 Å². The van der Waals surface area contributed by atoms with Crippen molar-refractivity contribution in [3.8, 4) is 5.75 Å². The number of rotatable bonds is 2. The van der Waals surface area contributed by atoms with E-state index in [0.29, 0.717) is 5.75 Å². The Balaban J connectivity index is 3.14. The summed E-state index contributed by atoms with van der Waals surface area (Å²) in [4.78, 5) is 18.2. The van der Waals surface area contributed by atoms with E-state index in [1.807, 2.05) is 32.9 Å². The fourth-order valence-corrected chi connectivity index (χ4v) is 1.95. The van der Waals surface area contributed by atoms with Crippen LogP contribution >= 0.6 is 6.72 Å². The monoisotopic (exact) mass is 246 g/mol. The molecule has 0 saturated carbocycles. The Morgan fingerprint density at radius 2 is 1.73 bits per heavy atom. The lowest BCUT2D eigenvalue weighted by atomic mass is 9.86. The van der Waals surface area contributed by atoms with Crippen LogP contribution in [-0.2, 0) is 17.2 Å². The summed E-state index contributed by atoms with van der Waals surface area (Å²) in [5, 5.41) is 0. The van der Waals surface area contributed by atoms with Crippen LogP contribution in [0.25, 0.3) is 0 Å². The van der Waals surface area contributed by atoms with Crippen LogP contribution in [0.15, 0.2) is 24.3 Å². The molecular formula is C10H15O3PS. The van der Waals surface area contributed by atoms with Gasteiger partial charge in [0.15, 0.2) is 0 Å². The third kappa shape index (κ3) is 3.92. The van der Waals surface area contributed by atoms with Crippen LogP contribution in [-0.4, -0.2) is 9.79 Å². The van der Waals surface area contributed by atoms with Gasteiger partial charge in [-0.15, -0.1) is 0 Å². The Morgan fingerprint density at radius 3 is 2.20 bits per heavy atom. The van der Waals surface area contributed by atoms with Gasteiger partial charge in [0.1, 0.15) is 5.75 Å². The molecule has 0 saturated heterocycles. The van der Waals surface area contributed by atoms with Crippen LogP contribution in [0.3, 0.4) is 0 Å². The first kappa shape index (κ1) is 12.7. The van der Waals surface area contributed by atoms with Crippen LogP contribution in [0.1, 0.15) is 26.3 Å². The Labute approximate surface area is 95.0 Å². The molecule has 0 aliphatic carbocycles. The lowest BCUT2D eigenvalue weighted by molar-refractivity contribution is 0.365. The maximum atomic E-state index is 9.12. The standard InChI is InChI=1S/C10H15O3PS/c1-10(2,3)8-6-4-5-7-9(8)13-14(11,12)15/h4-7H,1-3H3,(H2,11,12,15). The van der Waals surface area contributed by atoms with Gasteiger partial charge in [-0.2, -0.15) is 0 Å². The highest BCUT2D eigenvalue weighted by Gasteiger charge is 2.21. The predicted octanol–water partition coefficient (Wildman–Crippen LogP) is 2.57. The number of hydrogen-bond acceptors (Lipinski definition) is 2. The molecule has 0 aliphatic heterocycles. The Morgan fingerprint density at radius 1 is 1.20 bits per heavy atom. The van der Waals surface area contributed by atoms with Crippen molar-refractivity contribution in [1.29, 1.82) is 0 Å². The summed E-state index contributed by atoms with van der Waals surface area (Å²) >= 11 is 4.45. The normalized spacial score (nSPS) is 12.6. The lowest BCUT2D eigenvalue weighted by Gasteiger charge is -2.23. The summed E-state index contributed by atoms with van der Waals surface area (Å²) in [5.41, 5.74) is 0.781. The van der Waals surface area contributed by atoms with E-state index >= 15 is 0 Å². The first-order chi connectivity index (χ1) is 6.70. The third-order valence-electron chi connectivity index (χ3n) is 1.91. The van der Waals surface area contributed by atoms with E-state index in [0.717, 1.165) is 5.56 Å². The molecule has 0 unspecified atom stereocenters. The van der Waals surface area contributed by atoms with Gasteiger partial charge in [0.2, 0.25) is 0 Å². The van der Waals surface area contributed by atoms with Crippen molar-refractivity contribution in [3.63, 3.8) is 0 Å². The van der Waals surface area contributed by atoms with E-state index in [2.05, 4.69) is 11.8 Å². The van der Waals surface area contributed by atoms with Crippen molar-refractivity contribution in [2.24, 2.45) is 0 Å². The fourth-order valence-electron chi connectivity index (χ4n) is 1.29. The van der Waals surface area contributed by atoms with Crippen molar-refractivity contribution in [2.75, 3.05) is 0 Å². The molecule has 0 spiro atoms. The Kier molecular flexibility index (Phi) is 3.56. The average molecular weight is 246 g/mol. The van der Waals surface area contributed by atoms with E-state index in [1.54, 1.807) is 12.1 Å². The molecule has 0 radical (unpaired) electrons. The molecule has 3 nitrogen and oxygen atoms in total. The van der Waals surface area contributed by atoms with Crippen molar-refractivity contribution in [2.45, 2.75) is 26.2 Å². The van der Waals surface area contributed by atoms with Crippen molar-refractivity contribution in [3.05, 3.63) is 29.8 Å². The van der Waals surface area contributed by atoms with E-state index in [1.165, 1.54) is 0 Å². The molecule has 0 amide bonds. The van der Waals surface area contributed by atoms with Gasteiger partial charge in [0.25, 0.3) is 0 Å². The van der Waals surface area contributed by atoms with E-state index in [-0.39, 0.29) is 5.41 Å². The number of para-hydroxylation sites is 1. The van der Waals surface area contributed by atoms with Crippen LogP contribution in [0, 0.1) is 0 Å². The molecule has 0 atom stereocenters. The minimum Gasteiger partial charge on any atom is -0.424 e. The van der Waals surface area contributed by atoms with Crippen LogP contribution in [0.4, 0.5) is 0 Å². The highest BCUT2D eigenvalue weighted by Crippen LogP contribution is 2.42. The van der Waals surface area contributed by atoms with Crippen molar-refractivity contribution in [1.82, 2.24) is 0 Å². The van der Waals surface area contributed by atoms with Crippen LogP contribution in [0.2, 0.25) is 0 Å². The molecule has 0 aromatic heterocycles. The second-order valence-electron chi connectivity index (χ2n) is 4.33. The van der Waals surface area contributed by atoms with Crippen molar-refractivity contribution >= 4 is 18.5 Å². The molecule has 84 valence electrons. The molecule has 0 fully saturated rings. The Hall–Kier alpha value is -0.410. The SMILES string of the molecule is CC(C)(C)c1ccccc1OP(O)(O)=S. The molecule has 15 heavy (non-hydrogen) atoms. The highest BCUT2D eigenvalue weighted by molar-refractivity contribution is 8.06. The summed E-state index contributed by atoms with van der Waals surface area (Å²) in [5.74, 6) is 0.443. The minimum atomic E-state index is -3.65. The molecule has 5 heteroatoms. The summed E-state index contributed by atoms with van der Waals surface area (Å²) in [6.07, 6.45) is 0. The van der Waals surface area contributed by atoms with Gasteiger partial charge in [-0.3, -0.25) is 0 Å². The van der Waals surface area contributed by atoms with E-state index in [9.17, 15) is 0 Å². The van der Waals surface area contributed by atoms with Gasteiger partial charge in [0.05, 0.1) is 0 Å². The molecule has 0 heterocycles. The quantitative estimate of drug-likeness (QED) is 0.787. The third-order valence-corrected chi connectivity index (χ3v) is 2.57. The molecule has 1 aromatic carbocycles. The number of benzene rings is 1. The van der Waals surface area contributed by atoms with Gasteiger partial charge < -0.3 is 14.3 Å². The minimum absolute atomic E-state index is 0.124. The zero-order valence-corrected chi connectivity index (χ0v) is 10.7. The zero-order valence-electron chi connectivity index (χ0n) is 8.97. The summed E-state index contributed by atoms with van der Waals surface area (Å²) in [6, 6.07) is 7.23. The van der Waals surface area contributed by atoms with E-state index < -0.39 is 6.72 Å². The molecule has 2 N–H and O–H groups in total. The smallest absolute Gasteiger partial charge is 0.375 e. The highest BCUT2D eigenvalue weighted by atomic mass is 32.5. The van der Waals surface area contributed by atoms with Gasteiger partial charge in [-0.05, 0) is 11.5 Å². The second-order valence-corrected chi connectivity index (χ2v) is 6.92. The topological polar surface area (TPSA) is 49.7 Å². The summed E-state index contributed by atoms with van der Waals surface area (Å²) < 4.78 is 5.00. The van der Waals surface area contributed by atoms with Crippen molar-refractivity contribution < 1.29 is 14.3 Å². The van der Waals surface area contributed by atoms with Crippen LogP contribution < -0.4 is 4.52 Å². The zero-order chi connectivity index (χ0) is 11.7. The maximum absolute atomic E-state index is 9.12. The maximum Gasteiger partial charge on any atom is 0.375 e. The molecule has 0 bridgehead atoms. The van der Waals surface area contributed by atoms with Gasteiger partial charge in [-0.25, -0.2) is 0 Å². The van der Waals surface area contributed by atoms with E-state index in [4.69, 9.17) is 14.3 Å². The molecular weight excluding hydrogens is 231 g/mol. The molecule has 1 rings (SSSR count). The summed E-state index contributed by atoms with van der Waals surface area (Å²) in [7, 11) is 0. The Bertz CT molecular complexity index is 392.